The number of carbonyl (C=O) groups excluding carboxylic acids is 2. The van der Waals surface area contributed by atoms with Gasteiger partial charge in [0.25, 0.3) is 0 Å². The number of carbonyl (C=O) groups is 2. The Hall–Kier alpha value is -2.87. The number of hydrogen-bond donors (Lipinski definition) is 1. The molecule has 0 aliphatic carbocycles. The normalized spacial score (nSPS) is 20.8. The topological polar surface area (TPSA) is 52.7 Å². The third kappa shape index (κ3) is 4.82. The highest BCUT2D eigenvalue weighted by Crippen LogP contribution is 2.43. The van der Waals surface area contributed by atoms with Crippen molar-refractivity contribution < 1.29 is 22.8 Å². The second-order valence-electron chi connectivity index (χ2n) is 9.41. The summed E-state index contributed by atoms with van der Waals surface area (Å²) in [6.45, 7) is 10.2. The average molecular weight is 476 g/mol. The van der Waals surface area contributed by atoms with E-state index in [4.69, 9.17) is 0 Å². The lowest BCUT2D eigenvalue weighted by Crippen LogP contribution is -2.50. The summed E-state index contributed by atoms with van der Waals surface area (Å²) < 4.78 is 40.0. The van der Waals surface area contributed by atoms with Crippen LogP contribution in [0, 0.1) is 32.1 Å². The van der Waals surface area contributed by atoms with E-state index >= 15 is 0 Å². The molecule has 2 amide bonds. The molecule has 2 aromatic rings. The first-order valence-electron chi connectivity index (χ1n) is 11.4. The van der Waals surface area contributed by atoms with Gasteiger partial charge in [0.1, 0.15) is 0 Å². The minimum Gasteiger partial charge on any atom is -0.325 e. The van der Waals surface area contributed by atoms with Crippen molar-refractivity contribution in [1.82, 2.24) is 4.90 Å². The Morgan fingerprint density at radius 1 is 1.18 bits per heavy atom. The van der Waals surface area contributed by atoms with Gasteiger partial charge in [0.05, 0.1) is 16.9 Å². The SMILES string of the molecule is CCN(C)C[C@@]1(C(=O)Nc2cc(C)cc(C(F)(F)F)c2)CN(c2c(C)cccc2C)C(=O)[C@H]1C. The van der Waals surface area contributed by atoms with Crippen molar-refractivity contribution in [3.63, 3.8) is 0 Å². The number of halogens is 3. The molecular formula is C26H32F3N3O2. The second-order valence-corrected chi connectivity index (χ2v) is 9.41. The number of nitrogens with one attached hydrogen (secondary N) is 1. The highest BCUT2D eigenvalue weighted by Gasteiger charge is 2.56. The first kappa shape index (κ1) is 25.7. The summed E-state index contributed by atoms with van der Waals surface area (Å²) in [5, 5.41) is 2.72. The molecule has 0 radical (unpaired) electrons. The molecule has 1 fully saturated rings. The predicted octanol–water partition coefficient (Wildman–Crippen LogP) is 5.19. The van der Waals surface area contributed by atoms with Crippen LogP contribution in [0.15, 0.2) is 36.4 Å². The number of rotatable bonds is 6. The van der Waals surface area contributed by atoms with E-state index in [2.05, 4.69) is 5.32 Å². The fourth-order valence-corrected chi connectivity index (χ4v) is 4.78. The van der Waals surface area contributed by atoms with Gasteiger partial charge in [0.2, 0.25) is 11.8 Å². The molecular weight excluding hydrogens is 443 g/mol. The monoisotopic (exact) mass is 475 g/mol. The van der Waals surface area contributed by atoms with Crippen molar-refractivity contribution in [3.8, 4) is 0 Å². The molecule has 1 aliphatic heterocycles. The molecule has 1 heterocycles. The van der Waals surface area contributed by atoms with E-state index in [0.29, 0.717) is 18.7 Å². The molecule has 0 aromatic heterocycles. The Morgan fingerprint density at radius 2 is 1.79 bits per heavy atom. The van der Waals surface area contributed by atoms with Gasteiger partial charge in [0.15, 0.2) is 0 Å². The molecule has 184 valence electrons. The zero-order chi connectivity index (χ0) is 25.4. The van der Waals surface area contributed by atoms with Crippen molar-refractivity contribution in [2.45, 2.75) is 40.8 Å². The summed E-state index contributed by atoms with van der Waals surface area (Å²) in [4.78, 5) is 30.9. The Balaban J connectivity index is 2.04. The number of hydrogen-bond acceptors (Lipinski definition) is 3. The first-order valence-corrected chi connectivity index (χ1v) is 11.4. The van der Waals surface area contributed by atoms with E-state index in [0.717, 1.165) is 28.9 Å². The lowest BCUT2D eigenvalue weighted by Gasteiger charge is -2.34. The van der Waals surface area contributed by atoms with Crippen LogP contribution < -0.4 is 10.2 Å². The van der Waals surface area contributed by atoms with Gasteiger partial charge in [-0.25, -0.2) is 0 Å². The van der Waals surface area contributed by atoms with Crippen molar-refractivity contribution in [3.05, 3.63) is 58.7 Å². The average Bonchev–Trinajstić information content (AvgIpc) is 2.98. The van der Waals surface area contributed by atoms with E-state index in [1.807, 2.05) is 50.9 Å². The molecule has 2 aromatic carbocycles. The van der Waals surface area contributed by atoms with Crippen LogP contribution in [0.1, 0.15) is 36.1 Å². The zero-order valence-corrected chi connectivity index (χ0v) is 20.5. The fourth-order valence-electron chi connectivity index (χ4n) is 4.78. The van der Waals surface area contributed by atoms with Crippen LogP contribution in [0.2, 0.25) is 0 Å². The third-order valence-corrected chi connectivity index (χ3v) is 6.82. The fraction of sp³-hybridized carbons (Fsp3) is 0.462. The molecule has 0 unspecified atom stereocenters. The molecule has 1 N–H and O–H groups in total. The number of anilines is 2. The minimum atomic E-state index is -4.53. The maximum atomic E-state index is 13.8. The van der Waals surface area contributed by atoms with Crippen molar-refractivity contribution in [1.29, 1.82) is 0 Å². The van der Waals surface area contributed by atoms with Gasteiger partial charge in [-0.2, -0.15) is 13.2 Å². The van der Waals surface area contributed by atoms with Crippen LogP contribution in [0.25, 0.3) is 0 Å². The standard InChI is InChI=1S/C26H32F3N3O2/c1-7-31(6)14-25(24(34)30-21-12-16(2)11-20(13-21)26(27,28)29)15-32(23(33)19(25)5)22-17(3)9-8-10-18(22)4/h8-13,19H,7,14-15H2,1-6H3,(H,30,34)/t19-,25-/m1/s1. The second kappa shape index (κ2) is 9.41. The minimum absolute atomic E-state index is 0.0704. The number of amides is 2. The smallest absolute Gasteiger partial charge is 0.325 e. The Morgan fingerprint density at radius 3 is 2.35 bits per heavy atom. The van der Waals surface area contributed by atoms with Gasteiger partial charge in [-0.1, -0.05) is 32.0 Å². The van der Waals surface area contributed by atoms with Gasteiger partial charge in [-0.15, -0.1) is 0 Å². The van der Waals surface area contributed by atoms with Crippen LogP contribution in [0.4, 0.5) is 24.5 Å². The highest BCUT2D eigenvalue weighted by molar-refractivity contribution is 6.08. The third-order valence-electron chi connectivity index (χ3n) is 6.82. The summed E-state index contributed by atoms with van der Waals surface area (Å²) in [6.07, 6.45) is -4.53. The number of nitrogens with zero attached hydrogens (tertiary/aromatic N) is 2. The van der Waals surface area contributed by atoms with E-state index in [9.17, 15) is 22.8 Å². The highest BCUT2D eigenvalue weighted by atomic mass is 19.4. The molecule has 0 saturated carbocycles. The van der Waals surface area contributed by atoms with Crippen LogP contribution in [0.3, 0.4) is 0 Å². The van der Waals surface area contributed by atoms with Crippen molar-refractivity contribution in [2.75, 3.05) is 36.9 Å². The molecule has 3 rings (SSSR count). The van der Waals surface area contributed by atoms with Crippen LogP contribution in [-0.2, 0) is 15.8 Å². The molecule has 0 bridgehead atoms. The quantitative estimate of drug-likeness (QED) is 0.626. The summed E-state index contributed by atoms with van der Waals surface area (Å²) in [7, 11) is 1.86. The maximum absolute atomic E-state index is 13.8. The number of aryl methyl sites for hydroxylation is 3. The summed E-state index contributed by atoms with van der Waals surface area (Å²) in [5.74, 6) is -1.29. The Kier molecular flexibility index (Phi) is 7.12. The molecule has 8 heteroatoms. The summed E-state index contributed by atoms with van der Waals surface area (Å²) in [5.41, 5.74) is 1.12. The van der Waals surface area contributed by atoms with Crippen LogP contribution in [-0.4, -0.2) is 43.4 Å². The molecule has 0 spiro atoms. The Labute approximate surface area is 198 Å². The molecule has 5 nitrogen and oxygen atoms in total. The molecule has 2 atom stereocenters. The van der Waals surface area contributed by atoms with Gasteiger partial charge < -0.3 is 15.1 Å². The van der Waals surface area contributed by atoms with E-state index in [1.165, 1.54) is 6.07 Å². The van der Waals surface area contributed by atoms with Crippen molar-refractivity contribution in [2.24, 2.45) is 11.3 Å². The maximum Gasteiger partial charge on any atom is 0.416 e. The van der Waals surface area contributed by atoms with Crippen molar-refractivity contribution >= 4 is 23.2 Å². The molecule has 1 saturated heterocycles. The zero-order valence-electron chi connectivity index (χ0n) is 20.5. The molecule has 1 aliphatic rings. The van der Waals surface area contributed by atoms with E-state index < -0.39 is 29.0 Å². The summed E-state index contributed by atoms with van der Waals surface area (Å²) in [6, 6.07) is 9.25. The predicted molar refractivity (Wildman–Crippen MR) is 128 cm³/mol. The molecule has 34 heavy (non-hydrogen) atoms. The van der Waals surface area contributed by atoms with Gasteiger partial charge in [-0.3, -0.25) is 9.59 Å². The summed E-state index contributed by atoms with van der Waals surface area (Å²) >= 11 is 0. The van der Waals surface area contributed by atoms with Crippen LogP contribution >= 0.6 is 0 Å². The first-order chi connectivity index (χ1) is 15.8. The van der Waals surface area contributed by atoms with E-state index in [1.54, 1.807) is 18.7 Å². The number of alkyl halides is 3. The van der Waals surface area contributed by atoms with E-state index in [-0.39, 0.29) is 18.1 Å². The van der Waals surface area contributed by atoms with Gasteiger partial charge in [0, 0.05) is 24.5 Å². The lowest BCUT2D eigenvalue weighted by molar-refractivity contribution is -0.137. The lowest BCUT2D eigenvalue weighted by atomic mass is 9.77. The van der Waals surface area contributed by atoms with Gasteiger partial charge in [-0.05, 0) is 69.3 Å². The number of benzene rings is 2. The van der Waals surface area contributed by atoms with Gasteiger partial charge >= 0.3 is 6.18 Å². The number of para-hydroxylation sites is 1. The Bertz CT molecular complexity index is 1080. The largest absolute Gasteiger partial charge is 0.416 e. The van der Waals surface area contributed by atoms with Crippen LogP contribution in [0.5, 0.6) is 0 Å².